The first-order valence-electron chi connectivity index (χ1n) is 5.71. The van der Waals surface area contributed by atoms with Crippen molar-refractivity contribution in [2.24, 2.45) is 0 Å². The first-order chi connectivity index (χ1) is 8.29. The maximum absolute atomic E-state index is 8.81. The third-order valence-corrected chi connectivity index (χ3v) is 3.38. The van der Waals surface area contributed by atoms with Crippen molar-refractivity contribution in [3.05, 3.63) is 33.8 Å². The zero-order chi connectivity index (χ0) is 12.1. The topological polar surface area (TPSA) is 42.2 Å². The average Bonchev–Trinajstić information content (AvgIpc) is 2.38. The number of rotatable bonds is 3. The van der Waals surface area contributed by atoms with Crippen LogP contribution in [0, 0.1) is 11.3 Å². The van der Waals surface area contributed by atoms with E-state index in [9.17, 15) is 0 Å². The fourth-order valence-electron chi connectivity index (χ4n) is 1.77. The van der Waals surface area contributed by atoms with Crippen LogP contribution in [0.4, 0.5) is 0 Å². The van der Waals surface area contributed by atoms with Gasteiger partial charge in [-0.15, -0.1) is 0 Å². The third kappa shape index (κ3) is 3.53. The van der Waals surface area contributed by atoms with Crippen molar-refractivity contribution >= 4 is 15.9 Å². The van der Waals surface area contributed by atoms with E-state index in [-0.39, 0.29) is 6.29 Å². The molecule has 2 rings (SSSR count). The van der Waals surface area contributed by atoms with Crippen LogP contribution in [0.2, 0.25) is 0 Å². The van der Waals surface area contributed by atoms with Gasteiger partial charge in [0.1, 0.15) is 6.07 Å². The van der Waals surface area contributed by atoms with Crippen molar-refractivity contribution < 1.29 is 9.47 Å². The lowest BCUT2D eigenvalue weighted by Crippen LogP contribution is -2.21. The average molecular weight is 296 g/mol. The second kappa shape index (κ2) is 6.15. The minimum atomic E-state index is -0.0711. The van der Waals surface area contributed by atoms with Gasteiger partial charge < -0.3 is 9.47 Å². The van der Waals surface area contributed by atoms with E-state index in [4.69, 9.17) is 14.7 Å². The number of halogens is 1. The molecule has 1 aromatic rings. The normalized spacial score (nSPS) is 19.9. The Morgan fingerprint density at radius 3 is 3.00 bits per heavy atom. The summed E-state index contributed by atoms with van der Waals surface area (Å²) in [5, 5.41) is 8.81. The smallest absolute Gasteiger partial charge is 0.158 e. The molecule has 1 aliphatic heterocycles. The summed E-state index contributed by atoms with van der Waals surface area (Å²) in [5.41, 5.74) is 1.69. The first-order valence-corrected chi connectivity index (χ1v) is 6.50. The van der Waals surface area contributed by atoms with Gasteiger partial charge in [-0.2, -0.15) is 5.26 Å². The number of hydrogen-bond acceptors (Lipinski definition) is 3. The number of nitriles is 1. The van der Waals surface area contributed by atoms with Crippen LogP contribution >= 0.6 is 15.9 Å². The van der Waals surface area contributed by atoms with Crippen molar-refractivity contribution in [2.45, 2.75) is 32.2 Å². The van der Waals surface area contributed by atoms with Crippen LogP contribution in [-0.4, -0.2) is 12.9 Å². The summed E-state index contributed by atoms with van der Waals surface area (Å²) in [5.74, 6) is 0. The standard InChI is InChI=1S/C13H14BrNO2/c14-12-7-10(4-5-11(12)8-15)9-17-13-3-1-2-6-16-13/h4-5,7,13H,1-3,6,9H2. The van der Waals surface area contributed by atoms with Crippen molar-refractivity contribution in [1.82, 2.24) is 0 Å². The van der Waals surface area contributed by atoms with Crippen molar-refractivity contribution in [1.29, 1.82) is 5.26 Å². The third-order valence-electron chi connectivity index (χ3n) is 2.73. The second-order valence-corrected chi connectivity index (χ2v) is 4.89. The number of hydrogen-bond donors (Lipinski definition) is 0. The molecular formula is C13H14BrNO2. The zero-order valence-corrected chi connectivity index (χ0v) is 11.1. The van der Waals surface area contributed by atoms with Gasteiger partial charge in [-0.3, -0.25) is 0 Å². The van der Waals surface area contributed by atoms with Crippen LogP contribution < -0.4 is 0 Å². The molecule has 1 heterocycles. The first kappa shape index (κ1) is 12.6. The summed E-state index contributed by atoms with van der Waals surface area (Å²) in [7, 11) is 0. The lowest BCUT2D eigenvalue weighted by Gasteiger charge is -2.22. The lowest BCUT2D eigenvalue weighted by molar-refractivity contribution is -0.168. The van der Waals surface area contributed by atoms with Gasteiger partial charge in [0, 0.05) is 11.1 Å². The summed E-state index contributed by atoms with van der Waals surface area (Å²) in [6.07, 6.45) is 3.19. The second-order valence-electron chi connectivity index (χ2n) is 4.03. The molecule has 3 nitrogen and oxygen atoms in total. The maximum Gasteiger partial charge on any atom is 0.158 e. The van der Waals surface area contributed by atoms with E-state index in [2.05, 4.69) is 22.0 Å². The summed E-state index contributed by atoms with van der Waals surface area (Å²) < 4.78 is 12.0. The van der Waals surface area contributed by atoms with Crippen LogP contribution in [0.15, 0.2) is 22.7 Å². The van der Waals surface area contributed by atoms with Crippen molar-refractivity contribution in [3.8, 4) is 6.07 Å². The van der Waals surface area contributed by atoms with E-state index >= 15 is 0 Å². The summed E-state index contributed by atoms with van der Waals surface area (Å²) in [6.45, 7) is 1.32. The molecule has 1 fully saturated rings. The highest BCUT2D eigenvalue weighted by molar-refractivity contribution is 9.10. The van der Waals surface area contributed by atoms with Crippen LogP contribution in [0.5, 0.6) is 0 Å². The molecular weight excluding hydrogens is 282 g/mol. The number of nitrogens with zero attached hydrogens (tertiary/aromatic N) is 1. The van der Waals surface area contributed by atoms with Gasteiger partial charge in [-0.25, -0.2) is 0 Å². The molecule has 90 valence electrons. The van der Waals surface area contributed by atoms with Gasteiger partial charge in [0.15, 0.2) is 6.29 Å². The van der Waals surface area contributed by atoms with Gasteiger partial charge in [-0.05, 0) is 52.9 Å². The van der Waals surface area contributed by atoms with E-state index in [1.54, 1.807) is 6.07 Å². The van der Waals surface area contributed by atoms with Gasteiger partial charge in [-0.1, -0.05) is 6.07 Å². The molecule has 4 heteroatoms. The van der Waals surface area contributed by atoms with Gasteiger partial charge in [0.05, 0.1) is 12.2 Å². The molecule has 0 bridgehead atoms. The van der Waals surface area contributed by atoms with Crippen molar-refractivity contribution in [2.75, 3.05) is 6.61 Å². The molecule has 1 saturated heterocycles. The highest BCUT2D eigenvalue weighted by Gasteiger charge is 2.14. The Kier molecular flexibility index (Phi) is 4.55. The number of ether oxygens (including phenoxy) is 2. The van der Waals surface area contributed by atoms with Crippen molar-refractivity contribution in [3.63, 3.8) is 0 Å². The van der Waals surface area contributed by atoms with Gasteiger partial charge in [0.25, 0.3) is 0 Å². The Balaban J connectivity index is 1.90. The Bertz CT molecular complexity index is 422. The minimum absolute atomic E-state index is 0.0711. The summed E-state index contributed by atoms with van der Waals surface area (Å²) in [6, 6.07) is 7.74. The Labute approximate surface area is 109 Å². The Morgan fingerprint density at radius 2 is 2.35 bits per heavy atom. The molecule has 17 heavy (non-hydrogen) atoms. The highest BCUT2D eigenvalue weighted by atomic mass is 79.9. The molecule has 0 N–H and O–H groups in total. The largest absolute Gasteiger partial charge is 0.353 e. The van der Waals surface area contributed by atoms with Gasteiger partial charge >= 0.3 is 0 Å². The van der Waals surface area contributed by atoms with E-state index in [0.29, 0.717) is 12.2 Å². The molecule has 1 aliphatic rings. The van der Waals surface area contributed by atoms with Gasteiger partial charge in [0.2, 0.25) is 0 Å². The predicted molar refractivity (Wildman–Crippen MR) is 67.2 cm³/mol. The fourth-order valence-corrected chi connectivity index (χ4v) is 2.29. The molecule has 0 saturated carbocycles. The summed E-state index contributed by atoms with van der Waals surface area (Å²) >= 11 is 3.36. The lowest BCUT2D eigenvalue weighted by atomic mass is 10.1. The highest BCUT2D eigenvalue weighted by Crippen LogP contribution is 2.20. The van der Waals surface area contributed by atoms with Crippen LogP contribution in [-0.2, 0) is 16.1 Å². The van der Waals surface area contributed by atoms with Crippen LogP contribution in [0.3, 0.4) is 0 Å². The zero-order valence-electron chi connectivity index (χ0n) is 9.49. The predicted octanol–water partition coefficient (Wildman–Crippen LogP) is 3.36. The maximum atomic E-state index is 8.81. The van der Waals surface area contributed by atoms with E-state index in [1.807, 2.05) is 12.1 Å². The van der Waals surface area contributed by atoms with Crippen LogP contribution in [0.1, 0.15) is 30.4 Å². The molecule has 1 aromatic carbocycles. The monoisotopic (exact) mass is 295 g/mol. The Morgan fingerprint density at radius 1 is 1.47 bits per heavy atom. The molecule has 0 amide bonds. The summed E-state index contributed by atoms with van der Waals surface area (Å²) in [4.78, 5) is 0. The minimum Gasteiger partial charge on any atom is -0.353 e. The fraction of sp³-hybridized carbons (Fsp3) is 0.462. The van der Waals surface area contributed by atoms with E-state index in [0.717, 1.165) is 29.5 Å². The molecule has 0 aromatic heterocycles. The molecule has 1 atom stereocenters. The number of benzene rings is 1. The van der Waals surface area contributed by atoms with Crippen LogP contribution in [0.25, 0.3) is 0 Å². The van der Waals surface area contributed by atoms with E-state index in [1.165, 1.54) is 6.42 Å². The molecule has 1 unspecified atom stereocenters. The molecule has 0 aliphatic carbocycles. The quantitative estimate of drug-likeness (QED) is 0.859. The Hall–Kier alpha value is -0.890. The molecule has 0 radical (unpaired) electrons. The molecule has 0 spiro atoms. The SMILES string of the molecule is N#Cc1ccc(COC2CCCCO2)cc1Br. The van der Waals surface area contributed by atoms with E-state index < -0.39 is 0 Å².